The predicted molar refractivity (Wildman–Crippen MR) is 74.2 cm³/mol. The first-order valence-corrected chi connectivity index (χ1v) is 6.10. The topological polar surface area (TPSA) is 71.3 Å². The molecule has 108 valence electrons. The van der Waals surface area contributed by atoms with Crippen molar-refractivity contribution in [1.29, 1.82) is 0 Å². The Balaban J connectivity index is 2.25. The Hall–Kier alpha value is -2.73. The molecule has 2 aromatic rings. The molecule has 0 atom stereocenters. The van der Waals surface area contributed by atoms with Gasteiger partial charge >= 0.3 is 0 Å². The van der Waals surface area contributed by atoms with E-state index in [-0.39, 0.29) is 5.78 Å². The molecule has 6 heteroatoms. The maximum absolute atomic E-state index is 12.8. The van der Waals surface area contributed by atoms with Crippen molar-refractivity contribution in [3.05, 3.63) is 65.2 Å². The molecular weight excluding hydrogens is 275 g/mol. The van der Waals surface area contributed by atoms with Gasteiger partial charge in [0.15, 0.2) is 5.78 Å². The number of rotatable bonds is 4. The molecule has 0 spiro atoms. The molecule has 0 fully saturated rings. The number of hydrogen-bond acceptors (Lipinski definition) is 3. The fourth-order valence-corrected chi connectivity index (χ4v) is 1.84. The van der Waals surface area contributed by atoms with Crippen LogP contribution in [0.2, 0.25) is 0 Å². The normalized spacial score (nSPS) is 10.8. The Labute approximate surface area is 120 Å². The number of carbonyl (C=O) groups is 2. The second-order valence-electron chi connectivity index (χ2n) is 4.41. The number of aryl methyl sites for hydroxylation is 1. The van der Waals surface area contributed by atoms with Crippen molar-refractivity contribution in [2.24, 2.45) is 7.05 Å². The number of carbonyl (C=O) groups excluding carboxylic acids is 2. The smallest absolute Gasteiger partial charge is 0.267 e. The van der Waals surface area contributed by atoms with Gasteiger partial charge in [0, 0.05) is 36.1 Å². The predicted octanol–water partition coefficient (Wildman–Crippen LogP) is 1.91. The lowest BCUT2D eigenvalue weighted by Crippen LogP contribution is -2.14. The molecule has 1 amide bonds. The minimum absolute atomic E-state index is 0.239. The maximum atomic E-state index is 12.8. The lowest BCUT2D eigenvalue weighted by molar-refractivity contribution is -0.124. The number of aromatic nitrogens is 1. The van der Waals surface area contributed by atoms with Crippen molar-refractivity contribution < 1.29 is 19.2 Å². The van der Waals surface area contributed by atoms with Crippen LogP contribution in [0.4, 0.5) is 4.39 Å². The Bertz CT molecular complexity index is 702. The molecule has 1 aromatic carbocycles. The molecule has 2 N–H and O–H groups in total. The van der Waals surface area contributed by atoms with E-state index in [1.807, 2.05) is 0 Å². The average molecular weight is 288 g/mol. The van der Waals surface area contributed by atoms with E-state index in [1.165, 1.54) is 35.8 Å². The molecule has 0 radical (unpaired) electrons. The summed E-state index contributed by atoms with van der Waals surface area (Å²) in [6, 6.07) is 6.89. The first-order chi connectivity index (χ1) is 10.0. The van der Waals surface area contributed by atoms with Gasteiger partial charge < -0.3 is 4.57 Å². The number of hydroxylamine groups is 1. The lowest BCUT2D eigenvalue weighted by atomic mass is 10.1. The number of hydrogen-bond donors (Lipinski definition) is 2. The van der Waals surface area contributed by atoms with Crippen LogP contribution in [-0.2, 0) is 11.8 Å². The van der Waals surface area contributed by atoms with E-state index < -0.39 is 11.7 Å². The van der Waals surface area contributed by atoms with E-state index in [1.54, 1.807) is 23.9 Å². The third kappa shape index (κ3) is 3.43. The van der Waals surface area contributed by atoms with E-state index in [2.05, 4.69) is 0 Å². The van der Waals surface area contributed by atoms with E-state index in [0.29, 0.717) is 16.8 Å². The minimum Gasteiger partial charge on any atom is -0.350 e. The summed E-state index contributed by atoms with van der Waals surface area (Å²) in [5.41, 5.74) is 2.90. The lowest BCUT2D eigenvalue weighted by Gasteiger charge is -1.97. The monoisotopic (exact) mass is 288 g/mol. The molecule has 0 unspecified atom stereocenters. The Kier molecular flexibility index (Phi) is 4.30. The summed E-state index contributed by atoms with van der Waals surface area (Å²) in [7, 11) is 1.72. The number of nitrogens with one attached hydrogen (secondary N) is 1. The molecule has 0 aliphatic heterocycles. The van der Waals surface area contributed by atoms with Gasteiger partial charge in [0.25, 0.3) is 5.91 Å². The second-order valence-corrected chi connectivity index (χ2v) is 4.41. The Morgan fingerprint density at radius 3 is 2.52 bits per heavy atom. The average Bonchev–Trinajstić information content (AvgIpc) is 2.86. The molecule has 0 bridgehead atoms. The first kappa shape index (κ1) is 14.7. The fraction of sp³-hybridized carbons (Fsp3) is 0.0667. The number of nitrogens with zero attached hydrogens (tertiary/aromatic N) is 1. The van der Waals surface area contributed by atoms with Gasteiger partial charge in [-0.05, 0) is 36.4 Å². The fourth-order valence-electron chi connectivity index (χ4n) is 1.84. The summed E-state index contributed by atoms with van der Waals surface area (Å²) in [5.74, 6) is -1.31. The highest BCUT2D eigenvalue weighted by atomic mass is 19.1. The van der Waals surface area contributed by atoms with E-state index >= 15 is 0 Å². The van der Waals surface area contributed by atoms with Gasteiger partial charge in [-0.2, -0.15) is 0 Å². The zero-order valence-electron chi connectivity index (χ0n) is 11.2. The summed E-state index contributed by atoms with van der Waals surface area (Å²) in [5, 5.41) is 8.40. The summed E-state index contributed by atoms with van der Waals surface area (Å²) < 4.78 is 14.5. The number of halogens is 1. The highest BCUT2D eigenvalue weighted by Gasteiger charge is 2.12. The number of benzene rings is 1. The molecule has 1 aromatic heterocycles. The number of ketones is 1. The summed E-state index contributed by atoms with van der Waals surface area (Å²) in [6.45, 7) is 0. The van der Waals surface area contributed by atoms with Crippen LogP contribution >= 0.6 is 0 Å². The van der Waals surface area contributed by atoms with Crippen LogP contribution in [-0.4, -0.2) is 21.5 Å². The third-order valence-electron chi connectivity index (χ3n) is 2.93. The second kappa shape index (κ2) is 6.15. The van der Waals surface area contributed by atoms with Gasteiger partial charge in [-0.25, -0.2) is 9.87 Å². The molecular formula is C15H13FN2O3. The van der Waals surface area contributed by atoms with Crippen molar-refractivity contribution >= 4 is 17.8 Å². The van der Waals surface area contributed by atoms with Gasteiger partial charge in [-0.15, -0.1) is 0 Å². The standard InChI is InChI=1S/C15H13FN2O3/c1-18-9-11(8-13(18)6-7-14(19)17-21)15(20)10-2-4-12(16)5-3-10/h2-9,21H,1H3,(H,17,19)/b7-6+. The number of amides is 1. The Morgan fingerprint density at radius 2 is 1.90 bits per heavy atom. The van der Waals surface area contributed by atoms with Crippen LogP contribution < -0.4 is 5.48 Å². The summed E-state index contributed by atoms with van der Waals surface area (Å²) >= 11 is 0. The summed E-state index contributed by atoms with van der Waals surface area (Å²) in [6.07, 6.45) is 4.22. The molecule has 0 saturated carbocycles. The molecule has 21 heavy (non-hydrogen) atoms. The molecule has 0 aliphatic carbocycles. The van der Waals surface area contributed by atoms with Gasteiger partial charge in [0.05, 0.1) is 0 Å². The van der Waals surface area contributed by atoms with E-state index in [4.69, 9.17) is 5.21 Å². The van der Waals surface area contributed by atoms with Gasteiger partial charge in [0.1, 0.15) is 5.82 Å². The highest BCUT2D eigenvalue weighted by Crippen LogP contribution is 2.15. The van der Waals surface area contributed by atoms with Crippen molar-refractivity contribution in [2.45, 2.75) is 0 Å². The molecule has 0 saturated heterocycles. The minimum atomic E-state index is -0.664. The largest absolute Gasteiger partial charge is 0.350 e. The molecule has 2 rings (SSSR count). The molecule has 0 aliphatic rings. The third-order valence-corrected chi connectivity index (χ3v) is 2.93. The highest BCUT2D eigenvalue weighted by molar-refractivity contribution is 6.09. The molecule has 1 heterocycles. The van der Waals surface area contributed by atoms with E-state index in [9.17, 15) is 14.0 Å². The van der Waals surface area contributed by atoms with Crippen molar-refractivity contribution in [1.82, 2.24) is 10.0 Å². The van der Waals surface area contributed by atoms with Crippen LogP contribution in [0.1, 0.15) is 21.6 Å². The molecule has 5 nitrogen and oxygen atoms in total. The van der Waals surface area contributed by atoms with Gasteiger partial charge in [-0.3, -0.25) is 14.8 Å². The quantitative estimate of drug-likeness (QED) is 0.391. The maximum Gasteiger partial charge on any atom is 0.267 e. The van der Waals surface area contributed by atoms with Crippen LogP contribution in [0.5, 0.6) is 0 Å². The van der Waals surface area contributed by atoms with Crippen molar-refractivity contribution in [3.63, 3.8) is 0 Å². The van der Waals surface area contributed by atoms with Crippen molar-refractivity contribution in [3.8, 4) is 0 Å². The SMILES string of the molecule is Cn1cc(C(=O)c2ccc(F)cc2)cc1/C=C/C(=O)NO. The zero-order valence-corrected chi connectivity index (χ0v) is 11.2. The van der Waals surface area contributed by atoms with Gasteiger partial charge in [0.2, 0.25) is 0 Å². The zero-order chi connectivity index (χ0) is 15.4. The van der Waals surface area contributed by atoms with Crippen LogP contribution in [0.3, 0.4) is 0 Å². The van der Waals surface area contributed by atoms with Crippen LogP contribution in [0, 0.1) is 5.82 Å². The van der Waals surface area contributed by atoms with Crippen molar-refractivity contribution in [2.75, 3.05) is 0 Å². The van der Waals surface area contributed by atoms with Crippen LogP contribution in [0.25, 0.3) is 6.08 Å². The first-order valence-electron chi connectivity index (χ1n) is 6.10. The summed E-state index contributed by atoms with van der Waals surface area (Å²) in [4.78, 5) is 23.2. The Morgan fingerprint density at radius 1 is 1.24 bits per heavy atom. The van der Waals surface area contributed by atoms with Crippen LogP contribution in [0.15, 0.2) is 42.6 Å². The van der Waals surface area contributed by atoms with E-state index in [0.717, 1.165) is 6.08 Å². The van der Waals surface area contributed by atoms with Gasteiger partial charge in [-0.1, -0.05) is 0 Å².